The Balaban J connectivity index is 1.44. The second-order valence-electron chi connectivity index (χ2n) is 5.70. The predicted molar refractivity (Wildman–Crippen MR) is 95.5 cm³/mol. The highest BCUT2D eigenvalue weighted by Crippen LogP contribution is 2.41. The van der Waals surface area contributed by atoms with Crippen LogP contribution in [0.2, 0.25) is 0 Å². The highest BCUT2D eigenvalue weighted by molar-refractivity contribution is 8.01. The van der Waals surface area contributed by atoms with Crippen molar-refractivity contribution in [2.24, 2.45) is 0 Å². The highest BCUT2D eigenvalue weighted by atomic mass is 32.2. The number of amides is 2. The van der Waals surface area contributed by atoms with Gasteiger partial charge in [-0.3, -0.25) is 14.5 Å². The molecule has 2 amide bonds. The van der Waals surface area contributed by atoms with Gasteiger partial charge in [-0.05, 0) is 16.0 Å². The number of carboxylic acid groups (broad SMARTS) is 1. The van der Waals surface area contributed by atoms with Crippen LogP contribution in [-0.2, 0) is 20.9 Å². The van der Waals surface area contributed by atoms with Crippen molar-refractivity contribution in [3.63, 3.8) is 0 Å². The van der Waals surface area contributed by atoms with Crippen molar-refractivity contribution in [2.45, 2.75) is 22.3 Å². The van der Waals surface area contributed by atoms with E-state index in [1.807, 2.05) is 0 Å². The van der Waals surface area contributed by atoms with E-state index in [9.17, 15) is 19.5 Å². The summed E-state index contributed by atoms with van der Waals surface area (Å²) in [7, 11) is 0. The van der Waals surface area contributed by atoms with E-state index < -0.39 is 29.2 Å². The Labute approximate surface area is 169 Å². The van der Waals surface area contributed by atoms with E-state index in [1.165, 1.54) is 50.8 Å². The first kappa shape index (κ1) is 18.8. The van der Waals surface area contributed by atoms with Crippen molar-refractivity contribution in [1.82, 2.24) is 40.6 Å². The number of rotatable bonds is 7. The number of thioether (sulfide) groups is 2. The minimum absolute atomic E-state index is 0.128. The molecule has 2 atom stereocenters. The third kappa shape index (κ3) is 3.59. The average Bonchev–Trinajstić information content (AvgIpc) is 3.37. The lowest BCUT2D eigenvalue weighted by Crippen LogP contribution is -2.71. The zero-order valence-corrected chi connectivity index (χ0v) is 16.4. The molecule has 1 saturated heterocycles. The summed E-state index contributed by atoms with van der Waals surface area (Å²) in [5.74, 6) is -1.58. The first-order valence-electron chi connectivity index (χ1n) is 7.81. The lowest BCUT2D eigenvalue weighted by atomic mass is 10.0. The summed E-state index contributed by atoms with van der Waals surface area (Å²) >= 11 is 4.09. The van der Waals surface area contributed by atoms with Crippen molar-refractivity contribution in [1.29, 1.82) is 0 Å². The highest BCUT2D eigenvalue weighted by Gasteiger charge is 2.52. The average molecular weight is 439 g/mol. The number of carbonyl (C=O) groups is 3. The maximum absolute atomic E-state index is 12.5. The second kappa shape index (κ2) is 7.84. The molecule has 0 saturated carbocycles. The SMILES string of the molecule is O=C(Cn1cnnn1)N[C@@H]1C(=O)N2C(C(=O)[O-])=C(CSc3nncs3)CS[C@H]12. The van der Waals surface area contributed by atoms with Crippen LogP contribution in [0, 0.1) is 0 Å². The Morgan fingerprint density at radius 3 is 2.93 bits per heavy atom. The van der Waals surface area contributed by atoms with E-state index in [2.05, 4.69) is 31.0 Å². The Kier molecular flexibility index (Phi) is 5.27. The van der Waals surface area contributed by atoms with Gasteiger partial charge in [0.15, 0.2) is 4.34 Å². The van der Waals surface area contributed by atoms with Crippen LogP contribution in [0.1, 0.15) is 0 Å². The molecule has 0 spiro atoms. The third-order valence-corrected chi connectivity index (χ3v) is 7.25. The number of carboxylic acids is 1. The summed E-state index contributed by atoms with van der Waals surface area (Å²) in [5.41, 5.74) is 2.04. The molecule has 0 unspecified atom stereocenters. The van der Waals surface area contributed by atoms with Crippen molar-refractivity contribution >= 4 is 52.6 Å². The Morgan fingerprint density at radius 2 is 2.25 bits per heavy atom. The van der Waals surface area contributed by atoms with E-state index in [0.29, 0.717) is 21.4 Å². The number of hydrogen-bond donors (Lipinski definition) is 1. The van der Waals surface area contributed by atoms with Crippen LogP contribution in [0.5, 0.6) is 0 Å². The summed E-state index contributed by atoms with van der Waals surface area (Å²) in [5, 5.41) is 31.9. The van der Waals surface area contributed by atoms with Crippen LogP contribution in [0.15, 0.2) is 27.4 Å². The van der Waals surface area contributed by atoms with Crippen molar-refractivity contribution in [3.05, 3.63) is 23.1 Å². The van der Waals surface area contributed by atoms with Crippen molar-refractivity contribution in [2.75, 3.05) is 11.5 Å². The number of nitrogens with one attached hydrogen (secondary N) is 1. The summed E-state index contributed by atoms with van der Waals surface area (Å²) in [4.78, 5) is 37.5. The molecule has 4 rings (SSSR count). The zero-order chi connectivity index (χ0) is 19.7. The monoisotopic (exact) mass is 439 g/mol. The Bertz CT molecular complexity index is 932. The quantitative estimate of drug-likeness (QED) is 0.366. The van der Waals surface area contributed by atoms with Gasteiger partial charge in [0.05, 0.1) is 11.7 Å². The maximum atomic E-state index is 12.5. The number of hydrogen-bond acceptors (Lipinski definition) is 12. The van der Waals surface area contributed by atoms with Gasteiger partial charge in [-0.2, -0.15) is 0 Å². The molecule has 12 nitrogen and oxygen atoms in total. The number of tetrazole rings is 1. The van der Waals surface area contributed by atoms with E-state index >= 15 is 0 Å². The molecular weight excluding hydrogens is 428 g/mol. The summed E-state index contributed by atoms with van der Waals surface area (Å²) in [6.45, 7) is -0.138. The Hall–Kier alpha value is -2.52. The fraction of sp³-hybridized carbons (Fsp3) is 0.385. The molecule has 2 aliphatic heterocycles. The number of aliphatic carboxylic acids is 1. The van der Waals surface area contributed by atoms with Crippen LogP contribution < -0.4 is 10.4 Å². The van der Waals surface area contributed by atoms with Gasteiger partial charge in [0.25, 0.3) is 5.91 Å². The van der Waals surface area contributed by atoms with Gasteiger partial charge in [0.2, 0.25) is 5.91 Å². The van der Waals surface area contributed by atoms with Crippen LogP contribution in [0.4, 0.5) is 0 Å². The zero-order valence-electron chi connectivity index (χ0n) is 13.9. The smallest absolute Gasteiger partial charge is 0.253 e. The van der Waals surface area contributed by atoms with Gasteiger partial charge in [0.1, 0.15) is 29.8 Å². The van der Waals surface area contributed by atoms with Gasteiger partial charge < -0.3 is 15.2 Å². The minimum Gasteiger partial charge on any atom is -0.543 e. The van der Waals surface area contributed by atoms with E-state index in [4.69, 9.17) is 0 Å². The first-order chi connectivity index (χ1) is 13.5. The lowest BCUT2D eigenvalue weighted by Gasteiger charge is -2.50. The van der Waals surface area contributed by atoms with E-state index in [1.54, 1.807) is 5.51 Å². The molecule has 0 aliphatic carbocycles. The maximum Gasteiger partial charge on any atom is 0.253 e. The molecule has 0 aromatic carbocycles. The largest absolute Gasteiger partial charge is 0.543 e. The van der Waals surface area contributed by atoms with Crippen LogP contribution >= 0.6 is 34.9 Å². The van der Waals surface area contributed by atoms with Crippen molar-refractivity contribution < 1.29 is 19.5 Å². The summed E-state index contributed by atoms with van der Waals surface area (Å²) in [6.07, 6.45) is 1.28. The number of aromatic nitrogens is 6. The number of fused-ring (bicyclic) bond motifs is 1. The molecule has 2 aliphatic rings. The normalized spacial score (nSPS) is 21.3. The molecule has 1 fully saturated rings. The molecule has 4 heterocycles. The fourth-order valence-corrected chi connectivity index (χ4v) is 5.75. The van der Waals surface area contributed by atoms with E-state index in [-0.39, 0.29) is 12.2 Å². The standard InChI is InChI=1S/C13H12N8O4S3/c22-7(1-20-4-14-18-19-20)16-8-10(23)21-9(12(24)25)6(2-26-11(8)21)3-27-13-17-15-5-28-13/h4-5,8,11H,1-3H2,(H,16,22)(H,24,25)/p-1/t8-,11-/m1/s1. The van der Waals surface area contributed by atoms with Crippen molar-refractivity contribution in [3.8, 4) is 0 Å². The molecule has 1 N–H and O–H groups in total. The number of carbonyl (C=O) groups excluding carboxylic acids is 3. The van der Waals surface area contributed by atoms with E-state index in [0.717, 1.165) is 0 Å². The fourth-order valence-electron chi connectivity index (χ4n) is 2.78. The van der Waals surface area contributed by atoms with Gasteiger partial charge >= 0.3 is 0 Å². The van der Waals surface area contributed by atoms with Crippen LogP contribution in [-0.4, -0.2) is 76.0 Å². The van der Waals surface area contributed by atoms with Gasteiger partial charge in [-0.15, -0.1) is 27.1 Å². The van der Waals surface area contributed by atoms with Gasteiger partial charge in [-0.1, -0.05) is 23.1 Å². The molecule has 0 radical (unpaired) electrons. The summed E-state index contributed by atoms with van der Waals surface area (Å²) in [6, 6.07) is -0.805. The molecular formula is C13H11N8O4S3-. The Morgan fingerprint density at radius 1 is 1.39 bits per heavy atom. The molecule has 2 aromatic rings. The number of β-lactam (4-membered cyclic amide) rings is 1. The third-order valence-electron chi connectivity index (χ3n) is 3.96. The summed E-state index contributed by atoms with van der Waals surface area (Å²) < 4.78 is 1.93. The van der Waals surface area contributed by atoms with Crippen LogP contribution in [0.3, 0.4) is 0 Å². The molecule has 15 heteroatoms. The van der Waals surface area contributed by atoms with Gasteiger partial charge in [0, 0.05) is 11.5 Å². The van der Waals surface area contributed by atoms with Gasteiger partial charge in [-0.25, -0.2) is 4.68 Å². The minimum atomic E-state index is -1.41. The molecule has 2 aromatic heterocycles. The molecule has 146 valence electrons. The number of nitrogens with zero attached hydrogens (tertiary/aromatic N) is 7. The second-order valence-corrected chi connectivity index (χ2v) is 8.86. The molecule has 28 heavy (non-hydrogen) atoms. The lowest BCUT2D eigenvalue weighted by molar-refractivity contribution is -0.301. The topological polar surface area (TPSA) is 159 Å². The predicted octanol–water partition coefficient (Wildman–Crippen LogP) is -2.28. The van der Waals surface area contributed by atoms with Crippen LogP contribution in [0.25, 0.3) is 0 Å². The first-order valence-corrected chi connectivity index (χ1v) is 10.7. The molecule has 0 bridgehead atoms.